The molecule has 84 valence electrons. The summed E-state index contributed by atoms with van der Waals surface area (Å²) in [6, 6.07) is 0. The van der Waals surface area contributed by atoms with Gasteiger partial charge in [-0.2, -0.15) is 0 Å². The molecular formula is C13H20O2. The molecule has 1 aliphatic rings. The summed E-state index contributed by atoms with van der Waals surface area (Å²) < 4.78 is 4.90. The van der Waals surface area contributed by atoms with Crippen LogP contribution in [0, 0.1) is 5.41 Å². The first-order valence-corrected chi connectivity index (χ1v) is 5.47. The Morgan fingerprint density at radius 1 is 1.53 bits per heavy atom. The molecular weight excluding hydrogens is 188 g/mol. The van der Waals surface area contributed by atoms with Crippen LogP contribution in [0.15, 0.2) is 23.3 Å². The molecule has 0 radical (unpaired) electrons. The van der Waals surface area contributed by atoms with Crippen molar-refractivity contribution in [1.82, 2.24) is 0 Å². The predicted octanol–water partition coefficient (Wildman–Crippen LogP) is 3.24. The summed E-state index contributed by atoms with van der Waals surface area (Å²) in [5, 5.41) is 0. The minimum absolute atomic E-state index is 0.228. The third kappa shape index (κ3) is 3.90. The molecule has 0 fully saturated rings. The molecule has 15 heavy (non-hydrogen) atoms. The fourth-order valence-corrected chi connectivity index (χ4v) is 2.22. The lowest BCUT2D eigenvalue weighted by molar-refractivity contribution is -0.137. The van der Waals surface area contributed by atoms with E-state index in [0.717, 1.165) is 18.4 Å². The van der Waals surface area contributed by atoms with E-state index in [9.17, 15) is 4.79 Å². The highest BCUT2D eigenvalue weighted by atomic mass is 16.5. The maximum absolute atomic E-state index is 11.3. The van der Waals surface area contributed by atoms with Crippen LogP contribution in [0.25, 0.3) is 0 Å². The number of esters is 1. The van der Waals surface area contributed by atoms with E-state index in [1.54, 1.807) is 6.08 Å². The Morgan fingerprint density at radius 2 is 2.20 bits per heavy atom. The summed E-state index contributed by atoms with van der Waals surface area (Å²) in [6.07, 6.45) is 5.77. The largest absolute Gasteiger partial charge is 0.463 e. The van der Waals surface area contributed by atoms with Crippen LogP contribution in [0.4, 0.5) is 0 Å². The fraction of sp³-hybridized carbons (Fsp3) is 0.615. The molecule has 2 heteroatoms. The molecule has 0 bridgehead atoms. The van der Waals surface area contributed by atoms with E-state index >= 15 is 0 Å². The molecule has 0 atom stereocenters. The SMILES string of the molecule is CCOC(=O)/C=C1\C=C(C)CC(C)(C)C1. The highest BCUT2D eigenvalue weighted by molar-refractivity contribution is 5.83. The zero-order valence-electron chi connectivity index (χ0n) is 10.1. The van der Waals surface area contributed by atoms with Gasteiger partial charge in [0.1, 0.15) is 0 Å². The van der Waals surface area contributed by atoms with Crippen LogP contribution in [-0.4, -0.2) is 12.6 Å². The van der Waals surface area contributed by atoms with Crippen molar-refractivity contribution in [3.05, 3.63) is 23.3 Å². The summed E-state index contributed by atoms with van der Waals surface area (Å²) in [5.74, 6) is -0.228. The van der Waals surface area contributed by atoms with Gasteiger partial charge in [-0.1, -0.05) is 25.5 Å². The van der Waals surface area contributed by atoms with Crippen LogP contribution in [-0.2, 0) is 9.53 Å². The van der Waals surface area contributed by atoms with Crippen molar-refractivity contribution in [2.75, 3.05) is 6.61 Å². The molecule has 0 amide bonds. The van der Waals surface area contributed by atoms with Gasteiger partial charge in [0, 0.05) is 6.08 Å². The molecule has 0 saturated carbocycles. The zero-order valence-corrected chi connectivity index (χ0v) is 10.1. The molecule has 0 unspecified atom stereocenters. The predicted molar refractivity (Wildman–Crippen MR) is 61.5 cm³/mol. The Kier molecular flexibility index (Phi) is 3.72. The van der Waals surface area contributed by atoms with E-state index in [4.69, 9.17) is 4.74 Å². The first-order valence-electron chi connectivity index (χ1n) is 5.47. The average molecular weight is 208 g/mol. The van der Waals surface area contributed by atoms with Crippen molar-refractivity contribution in [3.8, 4) is 0 Å². The second-order valence-corrected chi connectivity index (χ2v) is 4.98. The fourth-order valence-electron chi connectivity index (χ4n) is 2.22. The third-order valence-corrected chi connectivity index (χ3v) is 2.46. The van der Waals surface area contributed by atoms with Crippen molar-refractivity contribution in [3.63, 3.8) is 0 Å². The number of ether oxygens (including phenoxy) is 1. The van der Waals surface area contributed by atoms with E-state index in [-0.39, 0.29) is 11.4 Å². The highest BCUT2D eigenvalue weighted by Gasteiger charge is 2.24. The zero-order chi connectivity index (χ0) is 11.5. The second-order valence-electron chi connectivity index (χ2n) is 4.98. The molecule has 0 spiro atoms. The number of carbonyl (C=O) groups is 1. The molecule has 1 rings (SSSR count). The number of carbonyl (C=O) groups excluding carboxylic acids is 1. The van der Waals surface area contributed by atoms with Gasteiger partial charge < -0.3 is 4.74 Å². The van der Waals surface area contributed by atoms with Gasteiger partial charge in [-0.15, -0.1) is 0 Å². The maximum atomic E-state index is 11.3. The monoisotopic (exact) mass is 208 g/mol. The van der Waals surface area contributed by atoms with Crippen molar-refractivity contribution in [1.29, 1.82) is 0 Å². The van der Waals surface area contributed by atoms with Gasteiger partial charge in [-0.25, -0.2) is 4.79 Å². The lowest BCUT2D eigenvalue weighted by atomic mass is 9.75. The normalized spacial score (nSPS) is 22.4. The third-order valence-electron chi connectivity index (χ3n) is 2.46. The smallest absolute Gasteiger partial charge is 0.331 e. The Morgan fingerprint density at radius 3 is 2.73 bits per heavy atom. The maximum Gasteiger partial charge on any atom is 0.331 e. The van der Waals surface area contributed by atoms with Gasteiger partial charge in [0.25, 0.3) is 0 Å². The highest BCUT2D eigenvalue weighted by Crippen LogP contribution is 2.37. The molecule has 0 aromatic heterocycles. The van der Waals surface area contributed by atoms with Gasteiger partial charge in [-0.05, 0) is 37.7 Å². The van der Waals surface area contributed by atoms with Crippen LogP contribution in [0.2, 0.25) is 0 Å². The van der Waals surface area contributed by atoms with E-state index in [0.29, 0.717) is 6.61 Å². The van der Waals surface area contributed by atoms with Crippen LogP contribution >= 0.6 is 0 Å². The lowest BCUT2D eigenvalue weighted by Gasteiger charge is -2.30. The van der Waals surface area contributed by atoms with Crippen LogP contribution in [0.1, 0.15) is 40.5 Å². The van der Waals surface area contributed by atoms with E-state index in [1.165, 1.54) is 5.57 Å². The van der Waals surface area contributed by atoms with Crippen molar-refractivity contribution in [2.45, 2.75) is 40.5 Å². The van der Waals surface area contributed by atoms with Gasteiger partial charge in [0.05, 0.1) is 6.61 Å². The molecule has 0 aromatic rings. The van der Waals surface area contributed by atoms with Crippen molar-refractivity contribution < 1.29 is 9.53 Å². The first kappa shape index (κ1) is 12.0. The summed E-state index contributed by atoms with van der Waals surface area (Å²) in [4.78, 5) is 11.3. The minimum atomic E-state index is -0.228. The van der Waals surface area contributed by atoms with E-state index < -0.39 is 0 Å². The quantitative estimate of drug-likeness (QED) is 0.514. The molecule has 0 N–H and O–H groups in total. The van der Waals surface area contributed by atoms with Crippen LogP contribution in [0.3, 0.4) is 0 Å². The molecule has 0 aromatic carbocycles. The van der Waals surface area contributed by atoms with Crippen LogP contribution in [0.5, 0.6) is 0 Å². The number of hydrogen-bond donors (Lipinski definition) is 0. The standard InChI is InChI=1S/C13H20O2/c1-5-15-12(14)7-11-6-10(2)8-13(3,4)9-11/h6-7H,5,8-9H2,1-4H3/b11-7+. The molecule has 0 aliphatic heterocycles. The van der Waals surface area contributed by atoms with Crippen LogP contribution < -0.4 is 0 Å². The molecule has 2 nitrogen and oxygen atoms in total. The Labute approximate surface area is 92.0 Å². The van der Waals surface area contributed by atoms with Gasteiger partial charge in [0.2, 0.25) is 0 Å². The number of hydrogen-bond acceptors (Lipinski definition) is 2. The topological polar surface area (TPSA) is 26.3 Å². The van der Waals surface area contributed by atoms with Gasteiger partial charge in [0.15, 0.2) is 0 Å². The number of allylic oxidation sites excluding steroid dienone is 3. The van der Waals surface area contributed by atoms with E-state index in [1.807, 2.05) is 6.92 Å². The summed E-state index contributed by atoms with van der Waals surface area (Å²) in [6.45, 7) is 8.82. The Bertz CT molecular complexity index is 308. The second kappa shape index (κ2) is 4.65. The summed E-state index contributed by atoms with van der Waals surface area (Å²) in [7, 11) is 0. The Balaban J connectivity index is 2.78. The minimum Gasteiger partial charge on any atom is -0.463 e. The van der Waals surface area contributed by atoms with Gasteiger partial charge >= 0.3 is 5.97 Å². The first-order chi connectivity index (χ1) is 6.93. The molecule has 0 heterocycles. The average Bonchev–Trinajstić information content (AvgIpc) is 1.99. The van der Waals surface area contributed by atoms with Crippen molar-refractivity contribution in [2.24, 2.45) is 5.41 Å². The summed E-state index contributed by atoms with van der Waals surface area (Å²) in [5.41, 5.74) is 2.68. The van der Waals surface area contributed by atoms with Crippen molar-refractivity contribution >= 4 is 5.97 Å². The lowest BCUT2D eigenvalue weighted by Crippen LogP contribution is -2.17. The molecule has 0 saturated heterocycles. The van der Waals surface area contributed by atoms with Gasteiger partial charge in [-0.3, -0.25) is 0 Å². The molecule has 1 aliphatic carbocycles. The van der Waals surface area contributed by atoms with E-state index in [2.05, 4.69) is 26.8 Å². The number of rotatable bonds is 2. The summed E-state index contributed by atoms with van der Waals surface area (Å²) >= 11 is 0. The Hall–Kier alpha value is -1.05.